The largest absolute Gasteiger partial charge is 0.468 e. The fraction of sp³-hybridized carbons (Fsp3) is 0.143. The van der Waals surface area contributed by atoms with Gasteiger partial charge < -0.3 is 9.84 Å². The topological polar surface area (TPSA) is 72.6 Å². The first-order chi connectivity index (χ1) is 5.74. The second-order valence-corrected chi connectivity index (χ2v) is 2.02. The van der Waals surface area contributed by atoms with Gasteiger partial charge in [-0.2, -0.15) is 0 Å². The Morgan fingerprint density at radius 1 is 1.42 bits per heavy atom. The quantitative estimate of drug-likeness (QED) is 0.415. The van der Waals surface area contributed by atoms with Crippen molar-refractivity contribution >= 4 is 5.69 Å². The molecule has 0 saturated carbocycles. The van der Waals surface area contributed by atoms with E-state index in [4.69, 9.17) is 5.11 Å². The van der Waals surface area contributed by atoms with Crippen molar-refractivity contribution in [3.05, 3.63) is 34.4 Å². The van der Waals surface area contributed by atoms with E-state index in [-0.39, 0.29) is 5.69 Å². The number of nitro benzene ring substituents is 1. The van der Waals surface area contributed by atoms with E-state index in [1.807, 2.05) is 0 Å². The molecule has 1 aromatic rings. The zero-order valence-electron chi connectivity index (χ0n) is 6.14. The minimum absolute atomic E-state index is 0.000268. The normalized spacial score (nSPS) is 9.42. The summed E-state index contributed by atoms with van der Waals surface area (Å²) >= 11 is 0. The molecule has 0 aromatic heterocycles. The van der Waals surface area contributed by atoms with Crippen LogP contribution in [0.2, 0.25) is 0 Å². The molecule has 0 amide bonds. The van der Waals surface area contributed by atoms with Crippen LogP contribution in [0.3, 0.4) is 0 Å². The first kappa shape index (κ1) is 8.48. The van der Waals surface area contributed by atoms with Gasteiger partial charge in [-0.25, -0.2) is 0 Å². The molecule has 64 valence electrons. The summed E-state index contributed by atoms with van der Waals surface area (Å²) in [6.45, 7) is -0.433. The van der Waals surface area contributed by atoms with Crippen LogP contribution in [0, 0.1) is 10.1 Å². The third-order valence-electron chi connectivity index (χ3n) is 1.28. The van der Waals surface area contributed by atoms with Crippen LogP contribution in [0.1, 0.15) is 0 Å². The molecule has 5 nitrogen and oxygen atoms in total. The maximum Gasteiger partial charge on any atom is 0.269 e. The molecule has 0 radical (unpaired) electrons. The molecule has 12 heavy (non-hydrogen) atoms. The predicted molar refractivity (Wildman–Crippen MR) is 40.8 cm³/mol. The Morgan fingerprint density at radius 2 is 2.00 bits per heavy atom. The van der Waals surface area contributed by atoms with Crippen LogP contribution in [0.5, 0.6) is 5.75 Å². The van der Waals surface area contributed by atoms with Gasteiger partial charge in [0.2, 0.25) is 0 Å². The monoisotopic (exact) mass is 169 g/mol. The Balaban J connectivity index is 2.78. The number of aliphatic hydroxyl groups excluding tert-OH is 1. The van der Waals surface area contributed by atoms with Crippen molar-refractivity contribution in [3.8, 4) is 5.75 Å². The first-order valence-electron chi connectivity index (χ1n) is 3.22. The second kappa shape index (κ2) is 3.68. The van der Waals surface area contributed by atoms with E-state index in [1.165, 1.54) is 24.3 Å². The lowest BCUT2D eigenvalue weighted by atomic mass is 10.3. The molecule has 1 N–H and O–H groups in total. The fourth-order valence-corrected chi connectivity index (χ4v) is 0.739. The Hall–Kier alpha value is -1.62. The summed E-state index contributed by atoms with van der Waals surface area (Å²) < 4.78 is 4.67. The van der Waals surface area contributed by atoms with Crippen LogP contribution in [0.25, 0.3) is 0 Å². The zero-order valence-corrected chi connectivity index (χ0v) is 6.14. The maximum absolute atomic E-state index is 10.2. The number of nitrogens with zero attached hydrogens (tertiary/aromatic N) is 1. The van der Waals surface area contributed by atoms with E-state index in [1.54, 1.807) is 0 Å². The minimum atomic E-state index is -0.497. The summed E-state index contributed by atoms with van der Waals surface area (Å²) in [6, 6.07) is 5.47. The molecular formula is C7H7NO4. The molecule has 0 heterocycles. The van der Waals surface area contributed by atoms with Crippen LogP contribution in [0.4, 0.5) is 5.69 Å². The molecule has 5 heteroatoms. The van der Waals surface area contributed by atoms with Crippen LogP contribution >= 0.6 is 0 Å². The van der Waals surface area contributed by atoms with Crippen LogP contribution in [0.15, 0.2) is 24.3 Å². The lowest BCUT2D eigenvalue weighted by molar-refractivity contribution is -0.384. The number of hydrogen-bond donors (Lipinski definition) is 1. The van der Waals surface area contributed by atoms with Gasteiger partial charge in [-0.15, -0.1) is 0 Å². The second-order valence-electron chi connectivity index (χ2n) is 2.02. The molecule has 1 aromatic carbocycles. The number of rotatable bonds is 3. The highest BCUT2D eigenvalue weighted by Crippen LogP contribution is 2.16. The van der Waals surface area contributed by atoms with Gasteiger partial charge in [0.15, 0.2) is 6.79 Å². The first-order valence-corrected chi connectivity index (χ1v) is 3.22. The Morgan fingerprint density at radius 3 is 2.42 bits per heavy atom. The van der Waals surface area contributed by atoms with E-state index in [0.717, 1.165) is 0 Å². The van der Waals surface area contributed by atoms with Crippen molar-refractivity contribution < 1.29 is 14.8 Å². The van der Waals surface area contributed by atoms with Gasteiger partial charge in [0.25, 0.3) is 5.69 Å². The van der Waals surface area contributed by atoms with Gasteiger partial charge in [-0.1, -0.05) is 0 Å². The highest BCUT2D eigenvalue weighted by molar-refractivity contribution is 5.35. The summed E-state index contributed by atoms with van der Waals surface area (Å²) in [5.74, 6) is 0.406. The zero-order chi connectivity index (χ0) is 8.97. The standard InChI is InChI=1S/C7H7NO4/c9-5-12-7-3-1-6(2-4-7)8(10)11/h1-4,9H,5H2. The van der Waals surface area contributed by atoms with Gasteiger partial charge in [0.1, 0.15) is 5.75 Å². The molecule has 0 saturated heterocycles. The summed E-state index contributed by atoms with van der Waals surface area (Å²) in [6.07, 6.45) is 0. The van der Waals surface area contributed by atoms with Gasteiger partial charge in [-0.05, 0) is 12.1 Å². The highest BCUT2D eigenvalue weighted by atomic mass is 16.6. The van der Waals surface area contributed by atoms with Gasteiger partial charge in [0, 0.05) is 12.1 Å². The summed E-state index contributed by atoms with van der Waals surface area (Å²) in [5.41, 5.74) is 0.000268. The SMILES string of the molecule is O=[N+]([O-])c1ccc(OCO)cc1. The van der Waals surface area contributed by atoms with E-state index >= 15 is 0 Å². The number of nitro groups is 1. The van der Waals surface area contributed by atoms with Crippen LogP contribution < -0.4 is 4.74 Å². The average molecular weight is 169 g/mol. The van der Waals surface area contributed by atoms with Gasteiger partial charge in [0.05, 0.1) is 4.92 Å². The number of non-ortho nitro benzene ring substituents is 1. The van der Waals surface area contributed by atoms with Crippen molar-refractivity contribution in [2.45, 2.75) is 0 Å². The van der Waals surface area contributed by atoms with E-state index in [2.05, 4.69) is 4.74 Å². The van der Waals surface area contributed by atoms with Crippen LogP contribution in [-0.4, -0.2) is 16.8 Å². The van der Waals surface area contributed by atoms with Gasteiger partial charge in [-0.3, -0.25) is 10.1 Å². The third-order valence-corrected chi connectivity index (χ3v) is 1.28. The molecule has 0 aliphatic carbocycles. The fourth-order valence-electron chi connectivity index (χ4n) is 0.739. The molecule has 0 unspecified atom stereocenters. The van der Waals surface area contributed by atoms with Crippen molar-refractivity contribution in [1.29, 1.82) is 0 Å². The Labute approximate surface area is 68.4 Å². The van der Waals surface area contributed by atoms with Crippen molar-refractivity contribution in [3.63, 3.8) is 0 Å². The number of ether oxygens (including phenoxy) is 1. The molecule has 0 aliphatic rings. The van der Waals surface area contributed by atoms with E-state index in [0.29, 0.717) is 5.75 Å². The van der Waals surface area contributed by atoms with Crippen molar-refractivity contribution in [1.82, 2.24) is 0 Å². The van der Waals surface area contributed by atoms with E-state index < -0.39 is 11.7 Å². The van der Waals surface area contributed by atoms with Crippen molar-refractivity contribution in [2.75, 3.05) is 6.79 Å². The lowest BCUT2D eigenvalue weighted by Crippen LogP contribution is -1.94. The maximum atomic E-state index is 10.2. The van der Waals surface area contributed by atoms with Gasteiger partial charge >= 0.3 is 0 Å². The number of hydrogen-bond acceptors (Lipinski definition) is 4. The number of aliphatic hydroxyl groups is 1. The molecule has 0 atom stereocenters. The summed E-state index contributed by atoms with van der Waals surface area (Å²) in [5, 5.41) is 18.5. The number of benzene rings is 1. The molecule has 1 rings (SSSR count). The Kier molecular flexibility index (Phi) is 2.60. The minimum Gasteiger partial charge on any atom is -0.468 e. The Bertz CT molecular complexity index is 269. The third kappa shape index (κ3) is 1.93. The molecular weight excluding hydrogens is 162 g/mol. The highest BCUT2D eigenvalue weighted by Gasteiger charge is 2.03. The van der Waals surface area contributed by atoms with Crippen molar-refractivity contribution in [2.24, 2.45) is 0 Å². The van der Waals surface area contributed by atoms with Crippen LogP contribution in [-0.2, 0) is 0 Å². The molecule has 0 spiro atoms. The van der Waals surface area contributed by atoms with E-state index in [9.17, 15) is 10.1 Å². The predicted octanol–water partition coefficient (Wildman–Crippen LogP) is 0.923. The summed E-state index contributed by atoms with van der Waals surface area (Å²) in [4.78, 5) is 9.69. The summed E-state index contributed by atoms with van der Waals surface area (Å²) in [7, 11) is 0. The molecule has 0 fully saturated rings. The smallest absolute Gasteiger partial charge is 0.269 e. The lowest BCUT2D eigenvalue weighted by Gasteiger charge is -1.99. The molecule has 0 bridgehead atoms. The average Bonchev–Trinajstić information content (AvgIpc) is 2.06. The molecule has 0 aliphatic heterocycles.